The first-order valence-electron chi connectivity index (χ1n) is 12.3. The SMILES string of the molecule is CCN(C(=O)Cn1c(CCNC(=O)Cc2ccc(OC)c(OC)c2)nc2ccccc21)c1ccccc1. The molecule has 4 aromatic rings. The van der Waals surface area contributed by atoms with E-state index in [2.05, 4.69) is 5.32 Å². The van der Waals surface area contributed by atoms with Gasteiger partial charge in [0.2, 0.25) is 11.8 Å². The average molecular weight is 501 g/mol. The summed E-state index contributed by atoms with van der Waals surface area (Å²) < 4.78 is 12.5. The van der Waals surface area contributed by atoms with Crippen LogP contribution >= 0.6 is 0 Å². The van der Waals surface area contributed by atoms with E-state index in [-0.39, 0.29) is 24.8 Å². The predicted octanol–water partition coefficient (Wildman–Crippen LogP) is 4.01. The summed E-state index contributed by atoms with van der Waals surface area (Å²) in [4.78, 5) is 32.4. The van der Waals surface area contributed by atoms with Gasteiger partial charge in [-0.2, -0.15) is 0 Å². The minimum absolute atomic E-state index is 0.0180. The van der Waals surface area contributed by atoms with Gasteiger partial charge in [-0.05, 0) is 48.9 Å². The molecule has 8 nitrogen and oxygen atoms in total. The molecule has 37 heavy (non-hydrogen) atoms. The molecule has 0 aliphatic heterocycles. The Morgan fingerprint density at radius 1 is 0.946 bits per heavy atom. The summed E-state index contributed by atoms with van der Waals surface area (Å²) in [6.07, 6.45) is 0.717. The van der Waals surface area contributed by atoms with Gasteiger partial charge in [0.05, 0.1) is 31.7 Å². The number of methoxy groups -OCH3 is 2. The summed E-state index contributed by atoms with van der Waals surface area (Å²) in [5.41, 5.74) is 3.41. The first-order chi connectivity index (χ1) is 18.0. The number of likely N-dealkylation sites (N-methyl/N-ethyl adjacent to an activating group) is 1. The van der Waals surface area contributed by atoms with Crippen LogP contribution in [-0.4, -0.2) is 48.7 Å². The average Bonchev–Trinajstić information content (AvgIpc) is 3.26. The highest BCUT2D eigenvalue weighted by Crippen LogP contribution is 2.27. The molecule has 0 saturated heterocycles. The molecule has 192 valence electrons. The fourth-order valence-corrected chi connectivity index (χ4v) is 4.38. The van der Waals surface area contributed by atoms with Crippen molar-refractivity contribution in [1.29, 1.82) is 0 Å². The summed E-state index contributed by atoms with van der Waals surface area (Å²) in [6, 6.07) is 22.9. The fraction of sp³-hybridized carbons (Fsp3) is 0.276. The van der Waals surface area contributed by atoms with Gasteiger partial charge in [-0.25, -0.2) is 4.98 Å². The molecule has 0 aliphatic rings. The minimum Gasteiger partial charge on any atom is -0.493 e. The summed E-state index contributed by atoms with van der Waals surface area (Å²) in [5, 5.41) is 2.97. The van der Waals surface area contributed by atoms with Gasteiger partial charge in [-0.1, -0.05) is 36.4 Å². The first-order valence-corrected chi connectivity index (χ1v) is 12.3. The highest BCUT2D eigenvalue weighted by Gasteiger charge is 2.19. The summed E-state index contributed by atoms with van der Waals surface area (Å²) >= 11 is 0. The number of carbonyl (C=O) groups excluding carboxylic acids is 2. The van der Waals surface area contributed by atoms with Crippen LogP contribution in [-0.2, 0) is 29.0 Å². The van der Waals surface area contributed by atoms with Crippen molar-refractivity contribution in [3.63, 3.8) is 0 Å². The van der Waals surface area contributed by atoms with Crippen LogP contribution in [0.15, 0.2) is 72.8 Å². The number of ether oxygens (including phenoxy) is 2. The van der Waals surface area contributed by atoms with Crippen molar-refractivity contribution in [2.24, 2.45) is 0 Å². The molecule has 4 rings (SSSR count). The van der Waals surface area contributed by atoms with Crippen molar-refractivity contribution in [2.75, 3.05) is 32.2 Å². The normalized spacial score (nSPS) is 10.8. The first kappa shape index (κ1) is 25.8. The third-order valence-electron chi connectivity index (χ3n) is 6.20. The van der Waals surface area contributed by atoms with Crippen molar-refractivity contribution in [3.05, 3.63) is 84.2 Å². The van der Waals surface area contributed by atoms with Crippen molar-refractivity contribution in [3.8, 4) is 11.5 Å². The maximum atomic E-state index is 13.3. The van der Waals surface area contributed by atoms with E-state index in [4.69, 9.17) is 14.5 Å². The molecule has 8 heteroatoms. The van der Waals surface area contributed by atoms with Crippen LogP contribution in [0.1, 0.15) is 18.3 Å². The minimum atomic E-state index is -0.104. The van der Waals surface area contributed by atoms with Crippen LogP contribution in [0.25, 0.3) is 11.0 Å². The quantitative estimate of drug-likeness (QED) is 0.336. The molecule has 0 radical (unpaired) electrons. The molecule has 1 N–H and O–H groups in total. The van der Waals surface area contributed by atoms with Crippen LogP contribution in [0.2, 0.25) is 0 Å². The van der Waals surface area contributed by atoms with Crippen LogP contribution in [0.5, 0.6) is 11.5 Å². The lowest BCUT2D eigenvalue weighted by Gasteiger charge is -2.22. The zero-order chi connectivity index (χ0) is 26.2. The second kappa shape index (κ2) is 12.1. The van der Waals surface area contributed by atoms with Gasteiger partial charge >= 0.3 is 0 Å². The monoisotopic (exact) mass is 500 g/mol. The van der Waals surface area contributed by atoms with Crippen LogP contribution in [0, 0.1) is 0 Å². The van der Waals surface area contributed by atoms with Gasteiger partial charge in [0, 0.05) is 25.2 Å². The molecule has 0 spiro atoms. The second-order valence-corrected chi connectivity index (χ2v) is 8.54. The third-order valence-corrected chi connectivity index (χ3v) is 6.20. The van der Waals surface area contributed by atoms with Gasteiger partial charge in [-0.3, -0.25) is 9.59 Å². The maximum Gasteiger partial charge on any atom is 0.246 e. The van der Waals surface area contributed by atoms with E-state index >= 15 is 0 Å². The number of para-hydroxylation sites is 3. The molecular weight excluding hydrogens is 468 g/mol. The summed E-state index contributed by atoms with van der Waals surface area (Å²) in [7, 11) is 3.14. The molecular formula is C29H32N4O4. The smallest absolute Gasteiger partial charge is 0.246 e. The number of nitrogens with zero attached hydrogens (tertiary/aromatic N) is 3. The van der Waals surface area contributed by atoms with E-state index in [9.17, 15) is 9.59 Å². The highest BCUT2D eigenvalue weighted by atomic mass is 16.5. The van der Waals surface area contributed by atoms with Gasteiger partial charge < -0.3 is 24.3 Å². The zero-order valence-electron chi connectivity index (χ0n) is 21.4. The number of rotatable bonds is 11. The standard InChI is InChI=1S/C29H32N4O4/c1-4-32(22-10-6-5-7-11-22)29(35)20-33-24-13-9-8-12-23(24)31-27(33)16-17-30-28(34)19-21-14-15-25(36-2)26(18-21)37-3/h5-15,18H,4,16-17,19-20H2,1-3H3,(H,30,34). The van der Waals surface area contributed by atoms with Crippen LogP contribution in [0.3, 0.4) is 0 Å². The Hall–Kier alpha value is -4.33. The van der Waals surface area contributed by atoms with E-state index in [1.807, 2.05) is 72.2 Å². The maximum absolute atomic E-state index is 13.3. The van der Waals surface area contributed by atoms with Gasteiger partial charge in [0.25, 0.3) is 0 Å². The fourth-order valence-electron chi connectivity index (χ4n) is 4.38. The summed E-state index contributed by atoms with van der Waals surface area (Å²) in [6.45, 7) is 3.10. The number of fused-ring (bicyclic) bond motifs is 1. The van der Waals surface area contributed by atoms with E-state index in [1.54, 1.807) is 31.3 Å². The van der Waals surface area contributed by atoms with Gasteiger partial charge in [0.1, 0.15) is 12.4 Å². The Morgan fingerprint density at radius 3 is 2.41 bits per heavy atom. The lowest BCUT2D eigenvalue weighted by atomic mass is 10.1. The molecule has 0 saturated carbocycles. The zero-order valence-corrected chi connectivity index (χ0v) is 21.4. The topological polar surface area (TPSA) is 85.7 Å². The van der Waals surface area contributed by atoms with Crippen molar-refractivity contribution in [1.82, 2.24) is 14.9 Å². The molecule has 2 amide bonds. The number of imidazole rings is 1. The van der Waals surface area contributed by atoms with Gasteiger partial charge in [0.15, 0.2) is 11.5 Å². The lowest BCUT2D eigenvalue weighted by molar-refractivity contribution is -0.120. The number of benzene rings is 3. The largest absolute Gasteiger partial charge is 0.493 e. The predicted molar refractivity (Wildman–Crippen MR) is 144 cm³/mol. The highest BCUT2D eigenvalue weighted by molar-refractivity contribution is 5.94. The molecule has 1 heterocycles. The van der Waals surface area contributed by atoms with E-state index in [0.717, 1.165) is 28.1 Å². The van der Waals surface area contributed by atoms with Gasteiger partial charge in [-0.15, -0.1) is 0 Å². The third kappa shape index (κ3) is 6.09. The van der Waals surface area contributed by atoms with E-state index in [0.29, 0.717) is 31.0 Å². The number of carbonyl (C=O) groups is 2. The number of anilines is 1. The molecule has 3 aromatic carbocycles. The Morgan fingerprint density at radius 2 is 1.68 bits per heavy atom. The van der Waals surface area contributed by atoms with Crippen LogP contribution < -0.4 is 19.7 Å². The van der Waals surface area contributed by atoms with E-state index < -0.39 is 0 Å². The Kier molecular flexibility index (Phi) is 8.40. The van der Waals surface area contributed by atoms with Crippen LogP contribution in [0.4, 0.5) is 5.69 Å². The number of hydrogen-bond donors (Lipinski definition) is 1. The van der Waals surface area contributed by atoms with E-state index in [1.165, 1.54) is 0 Å². The molecule has 0 unspecified atom stereocenters. The number of amides is 2. The molecule has 0 fully saturated rings. The second-order valence-electron chi connectivity index (χ2n) is 8.54. The van der Waals surface area contributed by atoms with Crippen molar-refractivity contribution < 1.29 is 19.1 Å². The Balaban J connectivity index is 1.44. The number of hydrogen-bond acceptors (Lipinski definition) is 5. The Labute approximate surface area is 216 Å². The van der Waals surface area contributed by atoms with Crippen molar-refractivity contribution >= 4 is 28.5 Å². The number of nitrogens with one attached hydrogen (secondary N) is 1. The number of aromatic nitrogens is 2. The molecule has 1 aromatic heterocycles. The molecule has 0 aliphatic carbocycles. The summed E-state index contributed by atoms with van der Waals surface area (Å²) in [5.74, 6) is 1.84. The lowest BCUT2D eigenvalue weighted by Crippen LogP contribution is -2.34. The Bertz CT molecular complexity index is 1370. The molecule has 0 atom stereocenters. The van der Waals surface area contributed by atoms with Crippen molar-refractivity contribution in [2.45, 2.75) is 26.3 Å². The molecule has 0 bridgehead atoms.